The molecule has 4 rings (SSSR count). The second kappa shape index (κ2) is 27.9. The smallest absolute Gasteiger partial charge is 0.416 e. The monoisotopic (exact) mass is 898 g/mol. The van der Waals surface area contributed by atoms with E-state index < -0.39 is 23.6 Å². The molecule has 0 saturated carbocycles. The van der Waals surface area contributed by atoms with Gasteiger partial charge in [0.2, 0.25) is 5.91 Å². The molecule has 0 unspecified atom stereocenters. The van der Waals surface area contributed by atoms with Crippen molar-refractivity contribution in [3.8, 4) is 16.9 Å². The van der Waals surface area contributed by atoms with Gasteiger partial charge in [-0.1, -0.05) is 47.6 Å². The number of benzene rings is 3. The minimum absolute atomic E-state index is 0.00178. The van der Waals surface area contributed by atoms with Gasteiger partial charge >= 0.3 is 12.1 Å². The Hall–Kier alpha value is -6.10. The molecule has 0 aliphatic heterocycles. The highest BCUT2D eigenvalue weighted by Gasteiger charge is 2.25. The van der Waals surface area contributed by atoms with Gasteiger partial charge in [-0.15, -0.1) is 0 Å². The first-order valence-corrected chi connectivity index (χ1v) is 21.7. The van der Waals surface area contributed by atoms with E-state index in [4.69, 9.17) is 38.7 Å². The van der Waals surface area contributed by atoms with Crippen LogP contribution in [0.2, 0.25) is 0 Å². The third-order valence-corrected chi connectivity index (χ3v) is 9.71. The van der Waals surface area contributed by atoms with Gasteiger partial charge in [0.05, 0.1) is 72.9 Å². The van der Waals surface area contributed by atoms with Crippen LogP contribution in [0.15, 0.2) is 84.1 Å². The molecule has 0 radical (unpaired) electrons. The maximum atomic E-state index is 13.2. The maximum Gasteiger partial charge on any atom is 0.416 e. The molecule has 0 aliphatic carbocycles. The van der Waals surface area contributed by atoms with Gasteiger partial charge in [0.15, 0.2) is 5.78 Å². The summed E-state index contributed by atoms with van der Waals surface area (Å²) in [4.78, 5) is 59.8. The largest absolute Gasteiger partial charge is 0.491 e. The van der Waals surface area contributed by atoms with Crippen molar-refractivity contribution in [3.05, 3.63) is 101 Å². The van der Waals surface area contributed by atoms with Crippen LogP contribution in [0, 0.1) is 6.92 Å². The summed E-state index contributed by atoms with van der Waals surface area (Å²) in [6.45, 7) is 11.4. The zero-order valence-corrected chi connectivity index (χ0v) is 38.1. The van der Waals surface area contributed by atoms with E-state index in [0.29, 0.717) is 78.2 Å². The molecule has 2 amide bonds. The Labute approximate surface area is 380 Å². The molecule has 0 spiro atoms. The summed E-state index contributed by atoms with van der Waals surface area (Å²) >= 11 is 0. The Bertz CT molecular complexity index is 2170. The van der Waals surface area contributed by atoms with Gasteiger partial charge < -0.3 is 38.5 Å². The fourth-order valence-corrected chi connectivity index (χ4v) is 6.48. The van der Waals surface area contributed by atoms with Crippen molar-refractivity contribution in [2.45, 2.75) is 64.9 Å². The van der Waals surface area contributed by atoms with E-state index in [-0.39, 0.29) is 44.0 Å². The van der Waals surface area contributed by atoms with Crippen LogP contribution in [-0.4, -0.2) is 121 Å². The molecule has 1 N–H and O–H groups in total. The average molecular weight is 899 g/mol. The summed E-state index contributed by atoms with van der Waals surface area (Å²) in [6.07, 6.45) is 1.46. The van der Waals surface area contributed by atoms with E-state index >= 15 is 0 Å². The van der Waals surface area contributed by atoms with Crippen LogP contribution < -0.4 is 15.0 Å². The number of amides is 2. The van der Waals surface area contributed by atoms with Crippen LogP contribution >= 0.6 is 0 Å². The van der Waals surface area contributed by atoms with Crippen LogP contribution in [-0.2, 0) is 42.8 Å². The number of Topliss-reactive ketones (excluding diaryl/α,β-unsaturated/α-hetero) is 1. The van der Waals surface area contributed by atoms with Gasteiger partial charge in [-0.3, -0.25) is 19.3 Å². The Morgan fingerprint density at radius 2 is 1.42 bits per heavy atom. The zero-order chi connectivity index (χ0) is 46.9. The Morgan fingerprint density at radius 1 is 0.785 bits per heavy atom. The number of fused-ring (bicyclic) bond motifs is 1. The molecule has 3 aromatic carbocycles. The first-order chi connectivity index (χ1) is 31.3. The average Bonchev–Trinajstić information content (AvgIpc) is 3.28. The summed E-state index contributed by atoms with van der Waals surface area (Å²) < 4.78 is 38.2. The lowest BCUT2D eigenvalue weighted by Crippen LogP contribution is -2.38. The van der Waals surface area contributed by atoms with Crippen molar-refractivity contribution in [1.29, 1.82) is 0 Å². The molecule has 350 valence electrons. The van der Waals surface area contributed by atoms with Crippen molar-refractivity contribution in [1.82, 2.24) is 10.3 Å². The maximum absolute atomic E-state index is 13.2. The summed E-state index contributed by atoms with van der Waals surface area (Å²) in [5, 5.41) is 8.14. The van der Waals surface area contributed by atoms with Gasteiger partial charge in [-0.2, -0.15) is 0 Å². The fourth-order valence-electron chi connectivity index (χ4n) is 6.48. The molecular weight excluding hydrogens is 837 g/mol. The van der Waals surface area contributed by atoms with E-state index in [9.17, 15) is 19.2 Å². The number of methoxy groups -OCH3 is 1. The highest BCUT2D eigenvalue weighted by Crippen LogP contribution is 2.30. The standard InChI is InChI=1S/C48H62N6O11/c1-35-16-17-50-44(29-35)54(47(58)65-48(2,3)4)19-6-7-45(56)51-34-42(55)31-41(33-46(57)59-5)37-10-8-36(9-11-37)38-12-13-40-32-43(15-14-39(40)30-38)64-28-27-63-26-25-62-24-23-61-22-21-60-20-18-52-53-49/h8-17,29-30,32,41H,6-7,18-28,31,33-34H2,1-5H3,(H,51,56)/t41-/m0/s1. The molecule has 1 heterocycles. The summed E-state index contributed by atoms with van der Waals surface area (Å²) in [6, 6.07) is 23.4. The van der Waals surface area contributed by atoms with Crippen molar-refractivity contribution in [2.24, 2.45) is 5.11 Å². The molecule has 17 heteroatoms. The molecule has 0 bridgehead atoms. The zero-order valence-electron chi connectivity index (χ0n) is 38.1. The predicted molar refractivity (Wildman–Crippen MR) is 246 cm³/mol. The Balaban J connectivity index is 1.20. The van der Waals surface area contributed by atoms with E-state index in [2.05, 4.69) is 26.4 Å². The predicted octanol–water partition coefficient (Wildman–Crippen LogP) is 7.91. The molecule has 0 aliphatic rings. The molecule has 1 aromatic heterocycles. The second-order valence-corrected chi connectivity index (χ2v) is 16.0. The van der Waals surface area contributed by atoms with Crippen LogP contribution in [0.25, 0.3) is 32.3 Å². The van der Waals surface area contributed by atoms with E-state index in [1.165, 1.54) is 12.0 Å². The number of hydrogen-bond acceptors (Lipinski definition) is 13. The number of aromatic nitrogens is 1. The number of esters is 1. The van der Waals surface area contributed by atoms with Gasteiger partial charge in [-0.25, -0.2) is 9.78 Å². The number of rotatable bonds is 29. The number of ketones is 1. The minimum Gasteiger partial charge on any atom is -0.491 e. The summed E-state index contributed by atoms with van der Waals surface area (Å²) in [7, 11) is 1.31. The highest BCUT2D eigenvalue weighted by atomic mass is 16.6. The molecule has 1 atom stereocenters. The molecule has 0 saturated heterocycles. The number of carbonyl (C=O) groups is 4. The number of pyridine rings is 1. The van der Waals surface area contributed by atoms with Gasteiger partial charge in [-0.05, 0) is 103 Å². The quantitative estimate of drug-likeness (QED) is 0.0181. The van der Waals surface area contributed by atoms with E-state index in [0.717, 1.165) is 38.8 Å². The molecule has 65 heavy (non-hydrogen) atoms. The fraction of sp³-hybridized carbons (Fsp3) is 0.479. The lowest BCUT2D eigenvalue weighted by atomic mass is 9.89. The first-order valence-electron chi connectivity index (χ1n) is 21.7. The van der Waals surface area contributed by atoms with Gasteiger partial charge in [0.25, 0.3) is 0 Å². The SMILES string of the molecule is COC(=O)C[C@H](CC(=O)CNC(=O)CCCN(C(=O)OC(C)(C)C)c1cc(C)ccn1)c1ccc(-c2ccc3cc(OCCOCCOCCOCCOCCN=[N+]=[N-])ccc3c2)cc1. The van der Waals surface area contributed by atoms with Crippen LogP contribution in [0.3, 0.4) is 0 Å². The lowest BCUT2D eigenvalue weighted by molar-refractivity contribution is -0.141. The van der Waals surface area contributed by atoms with Crippen molar-refractivity contribution < 1.29 is 52.3 Å². The number of hydrogen-bond donors (Lipinski definition) is 1. The first kappa shape index (κ1) is 51.5. The Morgan fingerprint density at radius 3 is 2.06 bits per heavy atom. The summed E-state index contributed by atoms with van der Waals surface area (Å²) in [5.74, 6) is -0.303. The van der Waals surface area contributed by atoms with Gasteiger partial charge in [0.1, 0.15) is 23.8 Å². The molecule has 17 nitrogen and oxygen atoms in total. The third-order valence-electron chi connectivity index (χ3n) is 9.71. The van der Waals surface area contributed by atoms with Crippen molar-refractivity contribution in [3.63, 3.8) is 0 Å². The van der Waals surface area contributed by atoms with E-state index in [1.54, 1.807) is 33.0 Å². The number of ether oxygens (including phenoxy) is 7. The van der Waals surface area contributed by atoms with Crippen LogP contribution in [0.5, 0.6) is 5.75 Å². The topological polar surface area (TPSA) is 210 Å². The van der Waals surface area contributed by atoms with E-state index in [1.807, 2.05) is 67.6 Å². The highest BCUT2D eigenvalue weighted by molar-refractivity contribution is 5.89. The normalized spacial score (nSPS) is 11.6. The van der Waals surface area contributed by atoms with Crippen molar-refractivity contribution >= 4 is 40.3 Å². The minimum atomic E-state index is -0.713. The Kier molecular flexibility index (Phi) is 22.2. The van der Waals surface area contributed by atoms with Crippen LogP contribution in [0.1, 0.15) is 63.5 Å². The number of aryl methyl sites for hydroxylation is 1. The van der Waals surface area contributed by atoms with Gasteiger partial charge in [0, 0.05) is 43.0 Å². The number of carbonyl (C=O) groups excluding carboxylic acids is 4. The van der Waals surface area contributed by atoms with Crippen molar-refractivity contribution in [2.75, 3.05) is 91.1 Å². The number of nitrogens with zero attached hydrogens (tertiary/aromatic N) is 5. The number of nitrogens with one attached hydrogen (secondary N) is 1. The third kappa shape index (κ3) is 19.7. The molecule has 0 fully saturated rings. The lowest BCUT2D eigenvalue weighted by Gasteiger charge is -2.27. The number of anilines is 1. The molecular formula is C48H62N6O11. The van der Waals surface area contributed by atoms with Crippen LogP contribution in [0.4, 0.5) is 10.6 Å². The molecule has 4 aromatic rings. The number of azide groups is 1. The second-order valence-electron chi connectivity index (χ2n) is 16.0. The summed E-state index contributed by atoms with van der Waals surface area (Å²) in [5.41, 5.74) is 11.2.